The zero-order valence-electron chi connectivity index (χ0n) is 16.8. The summed E-state index contributed by atoms with van der Waals surface area (Å²) in [5, 5.41) is 0. The van der Waals surface area contributed by atoms with Gasteiger partial charge in [-0.2, -0.15) is 0 Å². The Hall–Kier alpha value is -1.93. The molecule has 1 aliphatic heterocycles. The van der Waals surface area contributed by atoms with E-state index < -0.39 is 10.0 Å². The van der Waals surface area contributed by atoms with Crippen molar-refractivity contribution in [2.45, 2.75) is 36.6 Å². The van der Waals surface area contributed by atoms with Gasteiger partial charge in [-0.3, -0.25) is 4.90 Å². The molecule has 2 aromatic heterocycles. The number of hydrogen-bond donors (Lipinski definition) is 1. The first-order valence-electron chi connectivity index (χ1n) is 9.98. The first-order chi connectivity index (χ1) is 14.0. The van der Waals surface area contributed by atoms with Gasteiger partial charge in [0.1, 0.15) is 4.21 Å². The third-order valence-electron chi connectivity index (χ3n) is 5.64. The molecule has 7 heteroatoms. The minimum absolute atomic E-state index is 0.0243. The first kappa shape index (κ1) is 20.3. The van der Waals surface area contributed by atoms with Gasteiger partial charge in [-0.25, -0.2) is 13.1 Å². The van der Waals surface area contributed by atoms with Crippen LogP contribution in [0, 0.1) is 0 Å². The summed E-state index contributed by atoms with van der Waals surface area (Å²) in [6, 6.07) is 16.2. The fourth-order valence-corrected chi connectivity index (χ4v) is 6.36. The lowest BCUT2D eigenvalue weighted by molar-refractivity contribution is 0.174. The van der Waals surface area contributed by atoms with Crippen molar-refractivity contribution in [3.8, 4) is 0 Å². The fourth-order valence-electron chi connectivity index (χ4n) is 3.98. The summed E-state index contributed by atoms with van der Waals surface area (Å²) in [6.45, 7) is 4.12. The highest BCUT2D eigenvalue weighted by molar-refractivity contribution is 7.91. The molecule has 0 fully saturated rings. The molecule has 1 aliphatic rings. The van der Waals surface area contributed by atoms with Crippen molar-refractivity contribution in [1.82, 2.24) is 14.2 Å². The molecule has 0 aliphatic carbocycles. The van der Waals surface area contributed by atoms with E-state index in [1.807, 2.05) is 32.3 Å². The second-order valence-corrected chi connectivity index (χ2v) is 10.6. The molecule has 0 spiro atoms. The van der Waals surface area contributed by atoms with Crippen LogP contribution in [0.15, 0.2) is 58.9 Å². The minimum Gasteiger partial charge on any atom is -0.353 e. The van der Waals surface area contributed by atoms with Gasteiger partial charge in [0, 0.05) is 43.4 Å². The maximum Gasteiger partial charge on any atom is 0.250 e. The molecule has 0 bridgehead atoms. The molecular formula is C22H27N3O2S2. The van der Waals surface area contributed by atoms with Gasteiger partial charge < -0.3 is 4.57 Å². The molecule has 1 N–H and O–H groups in total. The van der Waals surface area contributed by atoms with Crippen LogP contribution in [0.4, 0.5) is 0 Å². The Bertz CT molecular complexity index is 1080. The second kappa shape index (κ2) is 8.44. The maximum absolute atomic E-state index is 12.9. The molecule has 3 heterocycles. The van der Waals surface area contributed by atoms with Crippen LogP contribution in [0.5, 0.6) is 0 Å². The molecule has 0 saturated carbocycles. The summed E-state index contributed by atoms with van der Waals surface area (Å²) in [7, 11) is -1.50. The Labute approximate surface area is 177 Å². The average molecular weight is 430 g/mol. The van der Waals surface area contributed by atoms with Crippen LogP contribution in [0.1, 0.15) is 34.7 Å². The molecule has 0 radical (unpaired) electrons. The number of rotatable bonds is 7. The molecule has 3 aromatic rings. The molecule has 0 amide bonds. The van der Waals surface area contributed by atoms with Crippen molar-refractivity contribution in [3.63, 3.8) is 0 Å². The average Bonchev–Trinajstić information content (AvgIpc) is 3.38. The highest BCUT2D eigenvalue weighted by Crippen LogP contribution is 2.29. The zero-order chi connectivity index (χ0) is 20.4. The quantitative estimate of drug-likeness (QED) is 0.623. The third kappa shape index (κ3) is 4.33. The number of hydrogen-bond acceptors (Lipinski definition) is 4. The van der Waals surface area contributed by atoms with Gasteiger partial charge in [-0.1, -0.05) is 31.2 Å². The SMILES string of the molecule is CCc1ccc(S(=O)(=O)NC[C@H](c2cccn2C)N2CCc3ccccc3C2)s1. The summed E-state index contributed by atoms with van der Waals surface area (Å²) in [5.41, 5.74) is 3.83. The topological polar surface area (TPSA) is 54.3 Å². The number of aromatic nitrogens is 1. The van der Waals surface area contributed by atoms with E-state index in [-0.39, 0.29) is 6.04 Å². The summed E-state index contributed by atoms with van der Waals surface area (Å²) in [5.74, 6) is 0. The standard InChI is InChI=1S/C22H27N3O2S2/c1-3-19-10-11-22(28-19)29(26,27)23-15-21(20-9-6-13-24(20)2)25-14-12-17-7-4-5-8-18(17)16-25/h4-11,13,21,23H,3,12,14-16H2,1-2H3/t21-/m1/s1. The Morgan fingerprint density at radius 3 is 2.59 bits per heavy atom. The molecule has 0 unspecified atom stereocenters. The fraction of sp³-hybridized carbons (Fsp3) is 0.364. The number of aryl methyl sites for hydroxylation is 2. The summed E-state index contributed by atoms with van der Waals surface area (Å²) < 4.78 is 31.1. The summed E-state index contributed by atoms with van der Waals surface area (Å²) in [4.78, 5) is 3.46. The summed E-state index contributed by atoms with van der Waals surface area (Å²) in [6.07, 6.45) is 3.84. The maximum atomic E-state index is 12.9. The van der Waals surface area contributed by atoms with Crippen molar-refractivity contribution >= 4 is 21.4 Å². The first-order valence-corrected chi connectivity index (χ1v) is 12.3. The van der Waals surface area contributed by atoms with E-state index in [9.17, 15) is 8.42 Å². The highest BCUT2D eigenvalue weighted by Gasteiger charge is 2.28. The van der Waals surface area contributed by atoms with Gasteiger partial charge >= 0.3 is 0 Å². The van der Waals surface area contributed by atoms with Gasteiger partial charge in [-0.05, 0) is 48.2 Å². The van der Waals surface area contributed by atoms with Crippen LogP contribution in [-0.4, -0.2) is 31.0 Å². The van der Waals surface area contributed by atoms with Crippen LogP contribution in [0.2, 0.25) is 0 Å². The van der Waals surface area contributed by atoms with E-state index >= 15 is 0 Å². The number of fused-ring (bicyclic) bond motifs is 1. The van der Waals surface area contributed by atoms with Crippen molar-refractivity contribution in [3.05, 3.63) is 76.4 Å². The monoisotopic (exact) mass is 429 g/mol. The molecule has 154 valence electrons. The van der Waals surface area contributed by atoms with Gasteiger partial charge in [0.15, 0.2) is 0 Å². The Morgan fingerprint density at radius 1 is 1.10 bits per heavy atom. The zero-order valence-corrected chi connectivity index (χ0v) is 18.5. The normalized spacial score (nSPS) is 15.9. The van der Waals surface area contributed by atoms with Gasteiger partial charge in [0.2, 0.25) is 10.0 Å². The van der Waals surface area contributed by atoms with Gasteiger partial charge in [0.25, 0.3) is 0 Å². The van der Waals surface area contributed by atoms with Gasteiger partial charge in [0.05, 0.1) is 6.04 Å². The van der Waals surface area contributed by atoms with Crippen LogP contribution >= 0.6 is 11.3 Å². The van der Waals surface area contributed by atoms with E-state index in [2.05, 4.69) is 44.5 Å². The molecule has 4 rings (SSSR count). The molecule has 1 atom stereocenters. The molecule has 5 nitrogen and oxygen atoms in total. The lowest BCUT2D eigenvalue weighted by Crippen LogP contribution is -2.41. The van der Waals surface area contributed by atoms with E-state index in [1.54, 1.807) is 6.07 Å². The van der Waals surface area contributed by atoms with Crippen molar-refractivity contribution in [2.75, 3.05) is 13.1 Å². The Balaban J connectivity index is 1.57. The number of nitrogens with one attached hydrogen (secondary N) is 1. The predicted molar refractivity (Wildman–Crippen MR) is 118 cm³/mol. The lowest BCUT2D eigenvalue weighted by atomic mass is 9.98. The Kier molecular flexibility index (Phi) is 5.92. The summed E-state index contributed by atoms with van der Waals surface area (Å²) >= 11 is 1.35. The van der Waals surface area contributed by atoms with Crippen molar-refractivity contribution in [2.24, 2.45) is 7.05 Å². The number of nitrogens with zero attached hydrogens (tertiary/aromatic N) is 2. The minimum atomic E-state index is -3.52. The largest absolute Gasteiger partial charge is 0.353 e. The van der Waals surface area contributed by atoms with E-state index in [0.717, 1.165) is 36.5 Å². The molecular weight excluding hydrogens is 402 g/mol. The number of sulfonamides is 1. The molecule has 29 heavy (non-hydrogen) atoms. The van der Waals surface area contributed by atoms with Crippen LogP contribution < -0.4 is 4.72 Å². The predicted octanol–water partition coefficient (Wildman–Crippen LogP) is 3.73. The lowest BCUT2D eigenvalue weighted by Gasteiger charge is -2.36. The smallest absolute Gasteiger partial charge is 0.250 e. The molecule has 1 aromatic carbocycles. The van der Waals surface area contributed by atoms with Crippen molar-refractivity contribution in [1.29, 1.82) is 0 Å². The number of benzene rings is 1. The second-order valence-electron chi connectivity index (χ2n) is 7.48. The van der Waals surface area contributed by atoms with Crippen LogP contribution in [-0.2, 0) is 36.5 Å². The third-order valence-corrected chi connectivity index (χ3v) is 8.79. The van der Waals surface area contributed by atoms with Crippen LogP contribution in [0.3, 0.4) is 0 Å². The van der Waals surface area contributed by atoms with Crippen LogP contribution in [0.25, 0.3) is 0 Å². The van der Waals surface area contributed by atoms with E-state index in [0.29, 0.717) is 10.8 Å². The van der Waals surface area contributed by atoms with Gasteiger partial charge in [-0.15, -0.1) is 11.3 Å². The number of thiophene rings is 1. The highest BCUT2D eigenvalue weighted by atomic mass is 32.2. The van der Waals surface area contributed by atoms with E-state index in [4.69, 9.17) is 0 Å². The molecule has 0 saturated heterocycles. The Morgan fingerprint density at radius 2 is 1.90 bits per heavy atom. The van der Waals surface area contributed by atoms with Crippen molar-refractivity contribution < 1.29 is 8.42 Å². The van der Waals surface area contributed by atoms with E-state index in [1.165, 1.54) is 22.5 Å².